The van der Waals surface area contributed by atoms with Crippen LogP contribution >= 0.6 is 0 Å². The zero-order chi connectivity index (χ0) is 18.5. The molecule has 0 bridgehead atoms. The van der Waals surface area contributed by atoms with E-state index in [1.54, 1.807) is 0 Å². The van der Waals surface area contributed by atoms with Crippen molar-refractivity contribution in [1.82, 2.24) is 9.80 Å². The number of carboxylic acid groups (broad SMARTS) is 2. The number of rotatable bonds is 6. The lowest BCUT2D eigenvalue weighted by atomic mass is 10.2. The maximum absolute atomic E-state index is 12.2. The number of morpholine rings is 1. The van der Waals surface area contributed by atoms with Crippen molar-refractivity contribution in [2.24, 2.45) is 0 Å². The van der Waals surface area contributed by atoms with Crippen LogP contribution in [0.1, 0.15) is 25.7 Å². The van der Waals surface area contributed by atoms with Crippen molar-refractivity contribution in [1.29, 1.82) is 0 Å². The molecule has 144 valence electrons. The van der Waals surface area contributed by atoms with Gasteiger partial charge in [0.25, 0.3) is 6.47 Å². The van der Waals surface area contributed by atoms with Gasteiger partial charge in [-0.2, -0.15) is 0 Å². The van der Waals surface area contributed by atoms with E-state index in [2.05, 4.69) is 4.90 Å². The van der Waals surface area contributed by atoms with E-state index in [1.165, 1.54) is 0 Å². The Labute approximate surface area is 147 Å². The van der Waals surface area contributed by atoms with Crippen LogP contribution in [0, 0.1) is 0 Å². The molecule has 2 aliphatic heterocycles. The van der Waals surface area contributed by atoms with Gasteiger partial charge in [-0.05, 0) is 12.8 Å². The van der Waals surface area contributed by atoms with Gasteiger partial charge in [-0.25, -0.2) is 0 Å². The van der Waals surface area contributed by atoms with Crippen molar-refractivity contribution in [2.75, 3.05) is 52.5 Å². The molecule has 1 unspecified atom stereocenters. The van der Waals surface area contributed by atoms with Crippen molar-refractivity contribution < 1.29 is 34.1 Å². The Morgan fingerprint density at radius 1 is 1.12 bits per heavy atom. The smallest absolute Gasteiger partial charge is 0.303 e. The lowest BCUT2D eigenvalue weighted by molar-refractivity contribution is -0.137. The van der Waals surface area contributed by atoms with E-state index in [1.807, 2.05) is 4.90 Å². The molecule has 2 heterocycles. The van der Waals surface area contributed by atoms with Crippen LogP contribution in [0.25, 0.3) is 0 Å². The average molecular weight is 360 g/mol. The number of carbonyl (C=O) groups is 3. The summed E-state index contributed by atoms with van der Waals surface area (Å²) in [6, 6.07) is 0. The first-order valence-electron chi connectivity index (χ1n) is 8.56. The molecule has 0 aromatic carbocycles. The third-order valence-corrected chi connectivity index (χ3v) is 4.05. The second-order valence-corrected chi connectivity index (χ2v) is 5.95. The molecule has 1 atom stereocenters. The van der Waals surface area contributed by atoms with Gasteiger partial charge in [-0.15, -0.1) is 0 Å². The molecule has 9 nitrogen and oxygen atoms in total. The van der Waals surface area contributed by atoms with Crippen LogP contribution in [0.5, 0.6) is 0 Å². The van der Waals surface area contributed by atoms with E-state index in [4.69, 9.17) is 24.5 Å². The Morgan fingerprint density at radius 3 is 2.44 bits per heavy atom. The molecule has 9 heteroatoms. The van der Waals surface area contributed by atoms with Gasteiger partial charge in [0.2, 0.25) is 5.91 Å². The first-order chi connectivity index (χ1) is 12.1. The van der Waals surface area contributed by atoms with E-state index in [9.17, 15) is 9.59 Å². The van der Waals surface area contributed by atoms with Gasteiger partial charge >= 0.3 is 5.97 Å². The van der Waals surface area contributed by atoms with Crippen LogP contribution in [-0.2, 0) is 23.9 Å². The maximum atomic E-state index is 12.2. The quantitative estimate of drug-likeness (QED) is 0.630. The van der Waals surface area contributed by atoms with Crippen molar-refractivity contribution in [3.63, 3.8) is 0 Å². The first-order valence-corrected chi connectivity index (χ1v) is 8.56. The highest BCUT2D eigenvalue weighted by molar-refractivity contribution is 5.77. The number of nitrogens with zero attached hydrogens (tertiary/aromatic N) is 2. The lowest BCUT2D eigenvalue weighted by Crippen LogP contribution is -2.45. The first kappa shape index (κ1) is 21.3. The number of aliphatic carboxylic acids is 1. The fraction of sp³-hybridized carbons (Fsp3) is 0.812. The number of carboxylic acids is 1. The van der Waals surface area contributed by atoms with Crippen LogP contribution in [0.15, 0.2) is 0 Å². The largest absolute Gasteiger partial charge is 0.483 e. The molecule has 2 aliphatic rings. The fourth-order valence-corrected chi connectivity index (χ4v) is 2.85. The molecule has 2 rings (SSSR count). The van der Waals surface area contributed by atoms with Crippen LogP contribution in [-0.4, -0.2) is 97.0 Å². The molecular weight excluding hydrogens is 332 g/mol. The van der Waals surface area contributed by atoms with E-state index >= 15 is 0 Å². The predicted octanol–water partition coefficient (Wildman–Crippen LogP) is -0.108. The molecule has 1 amide bonds. The van der Waals surface area contributed by atoms with Gasteiger partial charge < -0.3 is 24.6 Å². The Bertz CT molecular complexity index is 413. The molecule has 0 aromatic heterocycles. The molecule has 2 N–H and O–H groups in total. The van der Waals surface area contributed by atoms with E-state index in [0.29, 0.717) is 32.5 Å². The van der Waals surface area contributed by atoms with E-state index < -0.39 is 5.97 Å². The number of ether oxygens (including phenoxy) is 2. The van der Waals surface area contributed by atoms with Crippen molar-refractivity contribution in [3.05, 3.63) is 0 Å². The summed E-state index contributed by atoms with van der Waals surface area (Å²) in [5, 5.41) is 15.5. The monoisotopic (exact) mass is 360 g/mol. The molecule has 0 aromatic rings. The number of amides is 1. The van der Waals surface area contributed by atoms with Crippen molar-refractivity contribution in [3.8, 4) is 0 Å². The third-order valence-electron chi connectivity index (χ3n) is 4.05. The van der Waals surface area contributed by atoms with Crippen LogP contribution in [0.4, 0.5) is 0 Å². The average Bonchev–Trinajstić information content (AvgIpc) is 2.82. The molecule has 2 saturated heterocycles. The molecule has 0 aliphatic carbocycles. The zero-order valence-electron chi connectivity index (χ0n) is 14.5. The molecule has 25 heavy (non-hydrogen) atoms. The van der Waals surface area contributed by atoms with Gasteiger partial charge in [0.1, 0.15) is 0 Å². The third kappa shape index (κ3) is 9.37. The summed E-state index contributed by atoms with van der Waals surface area (Å²) >= 11 is 0. The minimum atomic E-state index is -0.850. The summed E-state index contributed by atoms with van der Waals surface area (Å²) in [5.41, 5.74) is 0. The molecule has 0 spiro atoms. The molecular formula is C16H28N2O7. The van der Waals surface area contributed by atoms with Crippen molar-refractivity contribution in [2.45, 2.75) is 31.8 Å². The number of hydrogen-bond donors (Lipinski definition) is 2. The van der Waals surface area contributed by atoms with E-state index in [0.717, 1.165) is 39.3 Å². The minimum absolute atomic E-state index is 0.0315. The molecule has 0 saturated carbocycles. The van der Waals surface area contributed by atoms with Gasteiger partial charge in [-0.1, -0.05) is 0 Å². The van der Waals surface area contributed by atoms with Gasteiger partial charge in [0, 0.05) is 52.2 Å². The minimum Gasteiger partial charge on any atom is -0.483 e. The SMILES string of the molecule is O=C(O)CCCC(=O)N1CCCOC(CN2CCOCC2)C1.O=CO. The topological polar surface area (TPSA) is 117 Å². The maximum Gasteiger partial charge on any atom is 0.303 e. The standard InChI is InChI=1S/C15H26N2O5.CH2O2/c18-14(3-1-4-15(19)20)17-5-2-8-22-13(12-17)11-16-6-9-21-10-7-16;2-1-3/h13H,1-12H2,(H,19,20);1H,(H,2,3). The normalized spacial score (nSPS) is 21.6. The summed E-state index contributed by atoms with van der Waals surface area (Å²) in [4.78, 5) is 35.2. The summed E-state index contributed by atoms with van der Waals surface area (Å²) < 4.78 is 11.2. The second kappa shape index (κ2) is 12.6. The molecule has 2 fully saturated rings. The van der Waals surface area contributed by atoms with Crippen LogP contribution in [0.3, 0.4) is 0 Å². The predicted molar refractivity (Wildman–Crippen MR) is 88.4 cm³/mol. The summed E-state index contributed by atoms with van der Waals surface area (Å²) in [6.45, 7) is 5.87. The van der Waals surface area contributed by atoms with Gasteiger partial charge in [-0.3, -0.25) is 19.3 Å². The Hall–Kier alpha value is -1.71. The van der Waals surface area contributed by atoms with Crippen molar-refractivity contribution >= 4 is 18.3 Å². The molecule has 0 radical (unpaired) electrons. The Balaban J connectivity index is 0.000000970. The summed E-state index contributed by atoms with van der Waals surface area (Å²) in [6.07, 6.45) is 1.62. The summed E-state index contributed by atoms with van der Waals surface area (Å²) in [7, 11) is 0. The van der Waals surface area contributed by atoms with Gasteiger partial charge in [0.15, 0.2) is 0 Å². The number of hydrogen-bond acceptors (Lipinski definition) is 6. The summed E-state index contributed by atoms with van der Waals surface area (Å²) in [5.74, 6) is -0.809. The highest BCUT2D eigenvalue weighted by Crippen LogP contribution is 2.11. The Kier molecular flexibility index (Phi) is 10.8. The Morgan fingerprint density at radius 2 is 1.80 bits per heavy atom. The van der Waals surface area contributed by atoms with Gasteiger partial charge in [0.05, 0.1) is 19.3 Å². The highest BCUT2D eigenvalue weighted by atomic mass is 16.5. The fourth-order valence-electron chi connectivity index (χ4n) is 2.85. The van der Waals surface area contributed by atoms with E-state index in [-0.39, 0.29) is 24.9 Å². The van der Waals surface area contributed by atoms with Crippen LogP contribution < -0.4 is 0 Å². The number of carbonyl (C=O) groups excluding carboxylic acids is 1. The lowest BCUT2D eigenvalue weighted by Gasteiger charge is -2.31. The van der Waals surface area contributed by atoms with Crippen LogP contribution in [0.2, 0.25) is 0 Å². The highest BCUT2D eigenvalue weighted by Gasteiger charge is 2.24. The second-order valence-electron chi connectivity index (χ2n) is 5.95. The zero-order valence-corrected chi connectivity index (χ0v) is 14.5.